The highest BCUT2D eigenvalue weighted by atomic mass is 16.3. The number of hydrogen-bond acceptors (Lipinski definition) is 1. The Morgan fingerprint density at radius 3 is 2.61 bits per heavy atom. The summed E-state index contributed by atoms with van der Waals surface area (Å²) in [5.41, 5.74) is 7.74. The molecule has 2 aliphatic carbocycles. The number of hydrogen-bond donors (Lipinski definition) is 1. The molecule has 1 heteroatoms. The zero-order chi connectivity index (χ0) is 16.4. The first-order valence-electron chi connectivity index (χ1n) is 8.90. The lowest BCUT2D eigenvalue weighted by molar-refractivity contribution is 0.281. The van der Waals surface area contributed by atoms with E-state index in [-0.39, 0.29) is 6.61 Å². The van der Waals surface area contributed by atoms with Gasteiger partial charge in [-0.15, -0.1) is 0 Å². The van der Waals surface area contributed by atoms with E-state index in [4.69, 9.17) is 0 Å². The first-order valence-corrected chi connectivity index (χ1v) is 8.90. The van der Waals surface area contributed by atoms with Gasteiger partial charge in [-0.3, -0.25) is 0 Å². The molecular formula is C22H28O. The Labute approximate surface area is 140 Å². The van der Waals surface area contributed by atoms with Gasteiger partial charge in [0, 0.05) is 0 Å². The molecule has 0 radical (unpaired) electrons. The Hall–Kier alpha value is -1.60. The zero-order valence-electron chi connectivity index (χ0n) is 14.6. The van der Waals surface area contributed by atoms with Crippen LogP contribution in [0.5, 0.6) is 0 Å². The predicted molar refractivity (Wildman–Crippen MR) is 98.0 cm³/mol. The van der Waals surface area contributed by atoms with Crippen LogP contribution >= 0.6 is 0 Å². The third-order valence-electron chi connectivity index (χ3n) is 5.47. The Kier molecular flexibility index (Phi) is 4.87. The van der Waals surface area contributed by atoms with Gasteiger partial charge < -0.3 is 5.11 Å². The largest absolute Gasteiger partial charge is 0.392 e. The van der Waals surface area contributed by atoms with Gasteiger partial charge in [0.2, 0.25) is 0 Å². The van der Waals surface area contributed by atoms with Crippen LogP contribution in [0, 0.1) is 18.8 Å². The molecule has 2 aliphatic rings. The molecule has 0 spiro atoms. The molecule has 1 nitrogen and oxygen atoms in total. The average molecular weight is 308 g/mol. The lowest BCUT2D eigenvalue weighted by Gasteiger charge is -2.29. The highest BCUT2D eigenvalue weighted by Gasteiger charge is 2.22. The van der Waals surface area contributed by atoms with Crippen LogP contribution in [0.3, 0.4) is 0 Å². The minimum absolute atomic E-state index is 0.110. The monoisotopic (exact) mass is 308 g/mol. The molecule has 0 unspecified atom stereocenters. The molecule has 0 amide bonds. The molecule has 0 heterocycles. The molecule has 1 atom stereocenters. The molecule has 122 valence electrons. The molecule has 1 aromatic rings. The van der Waals surface area contributed by atoms with Crippen LogP contribution in [0.25, 0.3) is 5.57 Å². The van der Waals surface area contributed by atoms with Crippen molar-refractivity contribution in [2.45, 2.75) is 53.1 Å². The third kappa shape index (κ3) is 3.35. The van der Waals surface area contributed by atoms with Crippen LogP contribution in [-0.4, -0.2) is 5.11 Å². The first-order chi connectivity index (χ1) is 11.1. The van der Waals surface area contributed by atoms with Gasteiger partial charge in [0.25, 0.3) is 0 Å². The summed E-state index contributed by atoms with van der Waals surface area (Å²) >= 11 is 0. The Morgan fingerprint density at radius 1 is 1.17 bits per heavy atom. The molecule has 0 saturated heterocycles. The van der Waals surface area contributed by atoms with E-state index in [0.717, 1.165) is 17.9 Å². The van der Waals surface area contributed by atoms with Gasteiger partial charge in [0.15, 0.2) is 0 Å². The van der Waals surface area contributed by atoms with Crippen molar-refractivity contribution < 1.29 is 5.11 Å². The fourth-order valence-electron chi connectivity index (χ4n) is 3.67. The second-order valence-corrected chi connectivity index (χ2v) is 7.20. The van der Waals surface area contributed by atoms with Crippen LogP contribution in [0.1, 0.15) is 56.2 Å². The van der Waals surface area contributed by atoms with E-state index in [1.54, 1.807) is 5.57 Å². The second-order valence-electron chi connectivity index (χ2n) is 7.20. The van der Waals surface area contributed by atoms with Crippen LogP contribution in [0.2, 0.25) is 0 Å². The number of benzene rings is 1. The summed E-state index contributed by atoms with van der Waals surface area (Å²) in [5.74, 6) is 1.32. The maximum atomic E-state index is 9.57. The van der Waals surface area contributed by atoms with Crippen molar-refractivity contribution in [1.29, 1.82) is 0 Å². The van der Waals surface area contributed by atoms with E-state index >= 15 is 0 Å². The Bertz CT molecular complexity index is 671. The number of rotatable bonds is 3. The van der Waals surface area contributed by atoms with E-state index in [2.05, 4.69) is 51.1 Å². The molecule has 1 aromatic carbocycles. The highest BCUT2D eigenvalue weighted by Crippen LogP contribution is 2.38. The van der Waals surface area contributed by atoms with Crippen LogP contribution in [0.4, 0.5) is 0 Å². The molecule has 0 bridgehead atoms. The van der Waals surface area contributed by atoms with Gasteiger partial charge in [-0.2, -0.15) is 0 Å². The number of aliphatic hydroxyl groups is 1. The van der Waals surface area contributed by atoms with Gasteiger partial charge >= 0.3 is 0 Å². The molecule has 3 rings (SSSR count). The van der Waals surface area contributed by atoms with Gasteiger partial charge in [0.05, 0.1) is 6.61 Å². The summed E-state index contributed by atoms with van der Waals surface area (Å²) in [6, 6.07) is 6.28. The van der Waals surface area contributed by atoms with Crippen molar-refractivity contribution in [3.05, 3.63) is 64.3 Å². The third-order valence-corrected chi connectivity index (χ3v) is 5.47. The quantitative estimate of drug-likeness (QED) is 0.772. The van der Waals surface area contributed by atoms with Crippen LogP contribution in [-0.2, 0) is 6.61 Å². The maximum absolute atomic E-state index is 9.57. The van der Waals surface area contributed by atoms with E-state index in [1.807, 2.05) is 6.07 Å². The van der Waals surface area contributed by atoms with Crippen molar-refractivity contribution in [3.63, 3.8) is 0 Å². The molecule has 23 heavy (non-hydrogen) atoms. The van der Waals surface area contributed by atoms with Gasteiger partial charge in [-0.1, -0.05) is 49.8 Å². The van der Waals surface area contributed by atoms with Gasteiger partial charge in [0.1, 0.15) is 0 Å². The highest BCUT2D eigenvalue weighted by molar-refractivity contribution is 5.81. The van der Waals surface area contributed by atoms with Gasteiger partial charge in [-0.05, 0) is 78.4 Å². The Morgan fingerprint density at radius 2 is 1.96 bits per heavy atom. The lowest BCUT2D eigenvalue weighted by atomic mass is 9.76. The molecule has 1 fully saturated rings. The minimum atomic E-state index is 0.110. The smallest absolute Gasteiger partial charge is 0.0684 e. The molecule has 0 aromatic heterocycles. The molecular weight excluding hydrogens is 280 g/mol. The summed E-state index contributed by atoms with van der Waals surface area (Å²) in [6.07, 6.45) is 12.5. The van der Waals surface area contributed by atoms with Crippen LogP contribution < -0.4 is 0 Å². The first kappa shape index (κ1) is 16.3. The average Bonchev–Trinajstić information content (AvgIpc) is 2.48. The van der Waals surface area contributed by atoms with Crippen molar-refractivity contribution >= 4 is 5.57 Å². The van der Waals surface area contributed by atoms with E-state index in [9.17, 15) is 5.11 Å². The zero-order valence-corrected chi connectivity index (χ0v) is 14.6. The Balaban J connectivity index is 2.03. The summed E-state index contributed by atoms with van der Waals surface area (Å²) in [4.78, 5) is 0. The summed E-state index contributed by atoms with van der Waals surface area (Å²) in [5, 5.41) is 9.57. The van der Waals surface area contributed by atoms with Crippen molar-refractivity contribution in [2.75, 3.05) is 0 Å². The summed E-state index contributed by atoms with van der Waals surface area (Å²) in [7, 11) is 0. The normalized spacial score (nSPS) is 29.2. The van der Waals surface area contributed by atoms with Crippen molar-refractivity contribution in [1.82, 2.24) is 0 Å². The summed E-state index contributed by atoms with van der Waals surface area (Å²) < 4.78 is 0. The predicted octanol–water partition coefficient (Wildman–Crippen LogP) is 5.58. The molecule has 0 aliphatic heterocycles. The fraction of sp³-hybridized carbons (Fsp3) is 0.455. The van der Waals surface area contributed by atoms with Crippen molar-refractivity contribution in [3.8, 4) is 0 Å². The number of allylic oxidation sites excluding steroid dienone is 6. The standard InChI is InChI=1S/C22H28O/c1-15-10-11-19(18-6-4-7-18)13-16(2)22(12-15)21-9-5-8-20(14-23)17(21)3/h5,8-9,11-13,15,18,23H,4,6-7,10,14H2,1-3H3/b16-13-,19-11-,22-12+/t15-/m1/s1. The topological polar surface area (TPSA) is 20.2 Å². The SMILES string of the molecule is CC1=C/C(C2CCC2)=C/C[C@@H](C)/C=C\1c1cccc(CO)c1C. The lowest BCUT2D eigenvalue weighted by Crippen LogP contribution is -2.14. The van der Waals surface area contributed by atoms with Crippen molar-refractivity contribution in [2.24, 2.45) is 11.8 Å². The van der Waals surface area contributed by atoms with E-state index in [1.165, 1.54) is 41.5 Å². The van der Waals surface area contributed by atoms with E-state index < -0.39 is 0 Å². The minimum Gasteiger partial charge on any atom is -0.392 e. The summed E-state index contributed by atoms with van der Waals surface area (Å²) in [6.45, 7) is 6.78. The molecule has 1 N–H and O–H groups in total. The number of aliphatic hydroxyl groups excluding tert-OH is 1. The van der Waals surface area contributed by atoms with Crippen LogP contribution in [0.15, 0.2) is 47.6 Å². The van der Waals surface area contributed by atoms with Gasteiger partial charge in [-0.25, -0.2) is 0 Å². The fourth-order valence-corrected chi connectivity index (χ4v) is 3.67. The second kappa shape index (κ2) is 6.88. The maximum Gasteiger partial charge on any atom is 0.0684 e. The molecule has 1 saturated carbocycles. The van der Waals surface area contributed by atoms with E-state index in [0.29, 0.717) is 5.92 Å².